The Bertz CT molecular complexity index is 324. The molecular weight excluding hydrogens is 397 g/mol. The van der Waals surface area contributed by atoms with Gasteiger partial charge in [-0.05, 0) is 45.4 Å². The lowest BCUT2D eigenvalue weighted by Gasteiger charge is -2.30. The van der Waals surface area contributed by atoms with Crippen LogP contribution in [0.15, 0.2) is 0 Å². The molecule has 0 aliphatic rings. The largest absolute Gasteiger partial charge is 0.501 e. The first-order valence-electron chi connectivity index (χ1n) is 10.3. The third-order valence-electron chi connectivity index (χ3n) is 4.12. The van der Waals surface area contributed by atoms with E-state index < -0.39 is 16.9 Å². The Hall–Kier alpha value is 1.01. The molecule has 0 aliphatic heterocycles. The van der Waals surface area contributed by atoms with E-state index in [1.54, 1.807) is 0 Å². The van der Waals surface area contributed by atoms with Crippen molar-refractivity contribution in [2.75, 3.05) is 31.3 Å². The summed E-state index contributed by atoms with van der Waals surface area (Å²) >= 11 is 0. The predicted molar refractivity (Wildman–Crippen MR) is 126 cm³/mol. The van der Waals surface area contributed by atoms with Crippen molar-refractivity contribution < 1.29 is 13.3 Å². The fourth-order valence-electron chi connectivity index (χ4n) is 3.25. The summed E-state index contributed by atoms with van der Waals surface area (Å²) in [5.74, 6) is 3.93. The maximum absolute atomic E-state index is 5.98. The van der Waals surface area contributed by atoms with Gasteiger partial charge in [-0.2, -0.15) is 0 Å². The van der Waals surface area contributed by atoms with Crippen LogP contribution in [0.4, 0.5) is 0 Å². The highest BCUT2D eigenvalue weighted by Crippen LogP contribution is 2.30. The molecule has 0 saturated heterocycles. The van der Waals surface area contributed by atoms with Gasteiger partial charge in [0.2, 0.25) is 0 Å². The molecule has 7 heteroatoms. The lowest BCUT2D eigenvalue weighted by Crippen LogP contribution is -2.47. The smallest absolute Gasteiger partial charge is 0.374 e. The number of hydrogen-bond acceptors (Lipinski definition) is 5. The highest BCUT2D eigenvalue weighted by atomic mass is 33.1. The first kappa shape index (κ1) is 27.0. The van der Waals surface area contributed by atoms with Crippen LogP contribution in [0.1, 0.15) is 47.5 Å². The van der Waals surface area contributed by atoms with Crippen molar-refractivity contribution in [2.45, 2.75) is 79.2 Å². The van der Waals surface area contributed by atoms with E-state index in [2.05, 4.69) is 33.5 Å². The predicted octanol–water partition coefficient (Wildman–Crippen LogP) is 6.81. The van der Waals surface area contributed by atoms with Crippen molar-refractivity contribution in [3.8, 4) is 0 Å². The summed E-state index contributed by atoms with van der Waals surface area (Å²) in [5.41, 5.74) is 0. The molecule has 158 valence electrons. The fraction of sp³-hybridized carbons (Fsp3) is 1.00. The van der Waals surface area contributed by atoms with E-state index >= 15 is 0 Å². The Morgan fingerprint density at radius 2 is 1.08 bits per heavy atom. The number of hydrogen-bond donors (Lipinski definition) is 0. The summed E-state index contributed by atoms with van der Waals surface area (Å²) in [6.07, 6.45) is 2.55. The first-order chi connectivity index (χ1) is 12.2. The summed E-state index contributed by atoms with van der Waals surface area (Å²) in [6.45, 7) is 20.2. The van der Waals surface area contributed by atoms with Crippen LogP contribution < -0.4 is 0 Å². The normalized spacial score (nSPS) is 15.2. The zero-order valence-corrected chi connectivity index (χ0v) is 22.2. The van der Waals surface area contributed by atoms with Crippen molar-refractivity contribution in [1.29, 1.82) is 0 Å². The minimum absolute atomic E-state index is 0.574. The Kier molecular flexibility index (Phi) is 15.5. The highest BCUT2D eigenvalue weighted by Gasteiger charge is 2.41. The van der Waals surface area contributed by atoms with Gasteiger partial charge in [-0.15, -0.1) is 0 Å². The van der Waals surface area contributed by atoms with Gasteiger partial charge in [-0.1, -0.05) is 61.1 Å². The molecule has 0 saturated carbocycles. The van der Waals surface area contributed by atoms with Crippen molar-refractivity contribution >= 4 is 38.5 Å². The van der Waals surface area contributed by atoms with Gasteiger partial charge in [-0.25, -0.2) is 0 Å². The Balaban J connectivity index is 4.04. The lowest BCUT2D eigenvalue weighted by atomic mass is 10.2. The molecule has 0 rings (SSSR count). The van der Waals surface area contributed by atoms with E-state index in [9.17, 15) is 0 Å². The van der Waals surface area contributed by atoms with Gasteiger partial charge < -0.3 is 13.3 Å². The molecule has 0 heterocycles. The van der Waals surface area contributed by atoms with E-state index in [1.807, 2.05) is 42.4 Å². The van der Waals surface area contributed by atoms with Crippen LogP contribution in [-0.4, -0.2) is 48.2 Å². The Morgan fingerprint density at radius 3 is 1.42 bits per heavy atom. The molecule has 2 atom stereocenters. The van der Waals surface area contributed by atoms with Crippen molar-refractivity contribution in [1.82, 2.24) is 0 Å². The van der Waals surface area contributed by atoms with Gasteiger partial charge in [0.25, 0.3) is 0 Å². The second-order valence-corrected chi connectivity index (χ2v) is 19.3. The lowest BCUT2D eigenvalue weighted by molar-refractivity contribution is 0.0675. The third kappa shape index (κ3) is 14.1. The third-order valence-corrected chi connectivity index (χ3v) is 11.9. The van der Waals surface area contributed by atoms with Gasteiger partial charge in [-0.3, -0.25) is 0 Å². The molecule has 0 radical (unpaired) electrons. The van der Waals surface area contributed by atoms with Crippen LogP contribution in [-0.2, 0) is 13.3 Å². The van der Waals surface area contributed by atoms with E-state index in [1.165, 1.54) is 30.4 Å². The van der Waals surface area contributed by atoms with Crippen LogP contribution in [0.5, 0.6) is 0 Å². The molecule has 0 aliphatic carbocycles. The first-order valence-corrected chi connectivity index (χ1v) is 18.5. The van der Waals surface area contributed by atoms with Crippen LogP contribution in [0.2, 0.25) is 31.7 Å². The molecule has 3 nitrogen and oxygen atoms in total. The zero-order valence-electron chi connectivity index (χ0n) is 18.6. The second kappa shape index (κ2) is 14.9. The molecule has 0 fully saturated rings. The molecular formula is C19H44O3S2Si2. The zero-order chi connectivity index (χ0) is 20.1. The summed E-state index contributed by atoms with van der Waals surface area (Å²) < 4.78 is 17.9. The van der Waals surface area contributed by atoms with E-state index in [0.29, 0.717) is 25.7 Å². The summed E-state index contributed by atoms with van der Waals surface area (Å²) in [5, 5.41) is 0. The second-order valence-electron chi connectivity index (χ2n) is 8.38. The molecule has 26 heavy (non-hydrogen) atoms. The van der Waals surface area contributed by atoms with Gasteiger partial charge in [0.1, 0.15) is 0 Å². The minimum atomic E-state index is -2.48. The molecule has 0 bridgehead atoms. The molecule has 0 aromatic carbocycles. The summed E-state index contributed by atoms with van der Waals surface area (Å²) in [7, 11) is 0.691. The van der Waals surface area contributed by atoms with Gasteiger partial charge >= 0.3 is 8.80 Å². The van der Waals surface area contributed by atoms with Crippen molar-refractivity contribution in [3.05, 3.63) is 0 Å². The minimum Gasteiger partial charge on any atom is -0.374 e. The summed E-state index contributed by atoms with van der Waals surface area (Å²) in [6, 6.07) is 2.38. The van der Waals surface area contributed by atoms with Crippen LogP contribution in [0.3, 0.4) is 0 Å². The van der Waals surface area contributed by atoms with Crippen molar-refractivity contribution in [2.24, 2.45) is 11.8 Å². The quantitative estimate of drug-likeness (QED) is 0.141. The molecule has 0 N–H and O–H groups in total. The van der Waals surface area contributed by atoms with Crippen LogP contribution in [0, 0.1) is 11.8 Å². The van der Waals surface area contributed by atoms with Gasteiger partial charge in [0.15, 0.2) is 0 Å². The average Bonchev–Trinajstić information content (AvgIpc) is 2.49. The van der Waals surface area contributed by atoms with Crippen molar-refractivity contribution in [3.63, 3.8) is 0 Å². The van der Waals surface area contributed by atoms with E-state index in [4.69, 9.17) is 13.3 Å². The van der Waals surface area contributed by atoms with Crippen LogP contribution in [0.25, 0.3) is 0 Å². The maximum Gasteiger partial charge on any atom is 0.501 e. The Morgan fingerprint density at radius 1 is 0.692 bits per heavy atom. The summed E-state index contributed by atoms with van der Waals surface area (Å²) in [4.78, 5) is 0. The monoisotopic (exact) mass is 440 g/mol. The topological polar surface area (TPSA) is 27.7 Å². The molecule has 0 aromatic heterocycles. The molecule has 0 amide bonds. The maximum atomic E-state index is 5.98. The van der Waals surface area contributed by atoms with Crippen LogP contribution >= 0.6 is 21.6 Å². The molecule has 2 unspecified atom stereocenters. The molecule has 0 spiro atoms. The van der Waals surface area contributed by atoms with E-state index in [0.717, 1.165) is 12.0 Å². The SMILES string of the molecule is CCO[Si](CC(C)CCSSCCC(C)C[Si](C)(C)C)(OCC)OCC. The number of rotatable bonds is 17. The Labute approximate surface area is 173 Å². The molecule has 0 aromatic rings. The van der Waals surface area contributed by atoms with Gasteiger partial charge in [0.05, 0.1) is 0 Å². The van der Waals surface area contributed by atoms with Gasteiger partial charge in [0, 0.05) is 45.4 Å². The standard InChI is InChI=1S/C19H44O3S2Si2/c1-9-20-26(21-10-2,22-11-3)17-19(5)13-15-24-23-14-12-18(4)16-25(6,7)8/h18-19H,9-17H2,1-8H3. The highest BCUT2D eigenvalue weighted by molar-refractivity contribution is 8.76. The van der Waals surface area contributed by atoms with E-state index in [-0.39, 0.29) is 0 Å². The fourth-order valence-corrected chi connectivity index (χ4v) is 11.0. The average molecular weight is 441 g/mol.